The number of aliphatic hydroxyl groups excluding tert-OH is 1. The Morgan fingerprint density at radius 3 is 2.83 bits per heavy atom. The van der Waals surface area contributed by atoms with Crippen molar-refractivity contribution in [2.75, 3.05) is 20.3 Å². The topological polar surface area (TPSA) is 41.5 Å². The smallest absolute Gasteiger partial charge is 0.0616 e. The lowest BCUT2D eigenvalue weighted by Gasteiger charge is -2.18. The van der Waals surface area contributed by atoms with E-state index in [1.54, 1.807) is 7.11 Å². The van der Waals surface area contributed by atoms with Crippen LogP contribution in [-0.2, 0) is 11.3 Å². The van der Waals surface area contributed by atoms with E-state index in [-0.39, 0.29) is 12.6 Å². The standard InChI is InChI=1S/C15H23NO2/c1-18-11-14(8-9-17)16-10-13-4-2-3-5-15(13)12-6-7-12/h2-5,12,14,16-17H,6-11H2,1H3. The van der Waals surface area contributed by atoms with Crippen molar-refractivity contribution < 1.29 is 9.84 Å². The molecule has 0 radical (unpaired) electrons. The first-order valence-corrected chi connectivity index (χ1v) is 6.76. The predicted octanol–water partition coefficient (Wildman–Crippen LogP) is 2.05. The molecule has 0 aromatic heterocycles. The molecular weight excluding hydrogens is 226 g/mol. The number of hydrogen-bond acceptors (Lipinski definition) is 3. The van der Waals surface area contributed by atoms with Gasteiger partial charge in [0.25, 0.3) is 0 Å². The highest BCUT2D eigenvalue weighted by Gasteiger charge is 2.25. The third-order valence-electron chi connectivity index (χ3n) is 3.50. The molecule has 1 atom stereocenters. The predicted molar refractivity (Wildman–Crippen MR) is 72.6 cm³/mol. The molecule has 18 heavy (non-hydrogen) atoms. The fourth-order valence-corrected chi connectivity index (χ4v) is 2.34. The second-order valence-electron chi connectivity index (χ2n) is 5.02. The molecule has 3 nitrogen and oxygen atoms in total. The summed E-state index contributed by atoms with van der Waals surface area (Å²) in [6.45, 7) is 1.71. The molecule has 0 bridgehead atoms. The van der Waals surface area contributed by atoms with E-state index in [9.17, 15) is 0 Å². The molecule has 100 valence electrons. The Kier molecular flexibility index (Phi) is 5.17. The van der Waals surface area contributed by atoms with E-state index in [2.05, 4.69) is 29.6 Å². The molecular formula is C15H23NO2. The van der Waals surface area contributed by atoms with Crippen molar-refractivity contribution >= 4 is 0 Å². The highest BCUT2D eigenvalue weighted by molar-refractivity contribution is 5.33. The van der Waals surface area contributed by atoms with Gasteiger partial charge in [0.05, 0.1) is 6.61 Å². The van der Waals surface area contributed by atoms with Crippen LogP contribution in [0.25, 0.3) is 0 Å². The van der Waals surface area contributed by atoms with Crippen LogP contribution in [0.4, 0.5) is 0 Å². The van der Waals surface area contributed by atoms with Crippen molar-refractivity contribution in [1.29, 1.82) is 0 Å². The first-order valence-electron chi connectivity index (χ1n) is 6.76. The lowest BCUT2D eigenvalue weighted by atomic mass is 10.0. The first kappa shape index (κ1) is 13.5. The van der Waals surface area contributed by atoms with Crippen LogP contribution in [0.15, 0.2) is 24.3 Å². The average molecular weight is 249 g/mol. The fraction of sp³-hybridized carbons (Fsp3) is 0.600. The van der Waals surface area contributed by atoms with E-state index in [1.165, 1.54) is 24.0 Å². The first-order chi connectivity index (χ1) is 8.85. The fourth-order valence-electron chi connectivity index (χ4n) is 2.34. The summed E-state index contributed by atoms with van der Waals surface area (Å²) in [6, 6.07) is 8.89. The summed E-state index contributed by atoms with van der Waals surface area (Å²) in [7, 11) is 1.70. The minimum Gasteiger partial charge on any atom is -0.396 e. The molecule has 0 aliphatic heterocycles. The summed E-state index contributed by atoms with van der Waals surface area (Å²) in [5.74, 6) is 0.779. The molecule has 0 amide bonds. The molecule has 1 aliphatic rings. The average Bonchev–Trinajstić information content (AvgIpc) is 3.21. The molecule has 1 saturated carbocycles. The van der Waals surface area contributed by atoms with Crippen LogP contribution < -0.4 is 5.32 Å². The van der Waals surface area contributed by atoms with Crippen molar-refractivity contribution in [2.45, 2.75) is 37.8 Å². The second kappa shape index (κ2) is 6.88. The SMILES string of the molecule is COCC(CCO)NCc1ccccc1C1CC1. The number of hydrogen-bond donors (Lipinski definition) is 2. The van der Waals surface area contributed by atoms with Crippen molar-refractivity contribution in [1.82, 2.24) is 5.32 Å². The Bertz CT molecular complexity index is 357. The van der Waals surface area contributed by atoms with E-state index in [4.69, 9.17) is 9.84 Å². The molecule has 1 unspecified atom stereocenters. The third-order valence-corrected chi connectivity index (χ3v) is 3.50. The quantitative estimate of drug-likeness (QED) is 0.741. The summed E-state index contributed by atoms with van der Waals surface area (Å²) in [5.41, 5.74) is 2.88. The van der Waals surface area contributed by atoms with Gasteiger partial charge >= 0.3 is 0 Å². The van der Waals surface area contributed by atoms with Gasteiger partial charge in [-0.1, -0.05) is 24.3 Å². The van der Waals surface area contributed by atoms with Gasteiger partial charge in [0.15, 0.2) is 0 Å². The molecule has 1 aliphatic carbocycles. The monoisotopic (exact) mass is 249 g/mol. The number of ether oxygens (including phenoxy) is 1. The van der Waals surface area contributed by atoms with Crippen LogP contribution in [0, 0.1) is 0 Å². The summed E-state index contributed by atoms with van der Waals surface area (Å²) in [4.78, 5) is 0. The summed E-state index contributed by atoms with van der Waals surface area (Å²) < 4.78 is 5.16. The lowest BCUT2D eigenvalue weighted by molar-refractivity contribution is 0.148. The number of benzene rings is 1. The second-order valence-corrected chi connectivity index (χ2v) is 5.02. The Hall–Kier alpha value is -0.900. The Balaban J connectivity index is 1.91. The van der Waals surface area contributed by atoms with Gasteiger partial charge in [0, 0.05) is 26.3 Å². The maximum atomic E-state index is 9.02. The molecule has 1 aromatic rings. The molecule has 0 saturated heterocycles. The van der Waals surface area contributed by atoms with Crippen molar-refractivity contribution in [3.63, 3.8) is 0 Å². The molecule has 2 N–H and O–H groups in total. The molecule has 0 heterocycles. The van der Waals surface area contributed by atoms with E-state index >= 15 is 0 Å². The van der Waals surface area contributed by atoms with E-state index in [1.807, 2.05) is 0 Å². The third kappa shape index (κ3) is 3.80. The van der Waals surface area contributed by atoms with Gasteiger partial charge in [-0.2, -0.15) is 0 Å². The summed E-state index contributed by atoms with van der Waals surface area (Å²) >= 11 is 0. The zero-order valence-corrected chi connectivity index (χ0v) is 11.1. The van der Waals surface area contributed by atoms with Gasteiger partial charge in [-0.3, -0.25) is 0 Å². The van der Waals surface area contributed by atoms with Gasteiger partial charge in [-0.15, -0.1) is 0 Å². The van der Waals surface area contributed by atoms with E-state index in [0.717, 1.165) is 18.9 Å². The van der Waals surface area contributed by atoms with Crippen LogP contribution in [0.3, 0.4) is 0 Å². The molecule has 1 fully saturated rings. The molecule has 0 spiro atoms. The van der Waals surface area contributed by atoms with Crippen LogP contribution in [-0.4, -0.2) is 31.5 Å². The lowest BCUT2D eigenvalue weighted by Crippen LogP contribution is -2.33. The van der Waals surface area contributed by atoms with Gasteiger partial charge in [0.1, 0.15) is 0 Å². The van der Waals surface area contributed by atoms with Crippen molar-refractivity contribution in [2.24, 2.45) is 0 Å². The summed E-state index contributed by atoms with van der Waals surface area (Å²) in [6.07, 6.45) is 3.39. The molecule has 3 heteroatoms. The molecule has 1 aromatic carbocycles. The van der Waals surface area contributed by atoms with Gasteiger partial charge in [0.2, 0.25) is 0 Å². The normalized spacial score (nSPS) is 16.8. The maximum absolute atomic E-state index is 9.02. The van der Waals surface area contributed by atoms with Crippen LogP contribution in [0.2, 0.25) is 0 Å². The number of rotatable bonds is 8. The van der Waals surface area contributed by atoms with E-state index in [0.29, 0.717) is 6.61 Å². The maximum Gasteiger partial charge on any atom is 0.0616 e. The largest absolute Gasteiger partial charge is 0.396 e. The number of aliphatic hydroxyl groups is 1. The Labute approximate surface area is 109 Å². The van der Waals surface area contributed by atoms with E-state index < -0.39 is 0 Å². The van der Waals surface area contributed by atoms with Crippen molar-refractivity contribution in [3.05, 3.63) is 35.4 Å². The van der Waals surface area contributed by atoms with Crippen LogP contribution in [0.1, 0.15) is 36.3 Å². The van der Waals surface area contributed by atoms with Crippen LogP contribution >= 0.6 is 0 Å². The Morgan fingerprint density at radius 1 is 1.39 bits per heavy atom. The minimum atomic E-state index is 0.200. The summed E-state index contributed by atoms with van der Waals surface area (Å²) in [5, 5.41) is 12.5. The van der Waals surface area contributed by atoms with Gasteiger partial charge in [-0.05, 0) is 36.3 Å². The van der Waals surface area contributed by atoms with Gasteiger partial charge in [-0.25, -0.2) is 0 Å². The Morgan fingerprint density at radius 2 is 2.17 bits per heavy atom. The zero-order valence-electron chi connectivity index (χ0n) is 11.1. The zero-order chi connectivity index (χ0) is 12.8. The molecule has 2 rings (SSSR count). The van der Waals surface area contributed by atoms with Crippen molar-refractivity contribution in [3.8, 4) is 0 Å². The highest BCUT2D eigenvalue weighted by atomic mass is 16.5. The minimum absolute atomic E-state index is 0.200. The van der Waals surface area contributed by atoms with Gasteiger partial charge < -0.3 is 15.2 Å². The number of methoxy groups -OCH3 is 1. The highest BCUT2D eigenvalue weighted by Crippen LogP contribution is 2.41. The number of nitrogens with one attached hydrogen (secondary N) is 1. The van der Waals surface area contributed by atoms with Crippen LogP contribution in [0.5, 0.6) is 0 Å².